The molecule has 0 unspecified atom stereocenters. The second-order valence-electron chi connectivity index (χ2n) is 4.09. The third-order valence-electron chi connectivity index (χ3n) is 2.66. The van der Waals surface area contributed by atoms with Gasteiger partial charge in [-0.15, -0.1) is 0 Å². The first kappa shape index (κ1) is 12.4. The van der Waals surface area contributed by atoms with Gasteiger partial charge in [0, 0.05) is 12.8 Å². The molecule has 2 aromatic carbocycles. The second kappa shape index (κ2) is 5.54. The van der Waals surface area contributed by atoms with E-state index >= 15 is 0 Å². The van der Waals surface area contributed by atoms with Crippen LogP contribution in [0.15, 0.2) is 48.5 Å². The molecule has 0 aliphatic carbocycles. The fourth-order valence-corrected chi connectivity index (χ4v) is 1.78. The van der Waals surface area contributed by atoms with E-state index in [1.807, 2.05) is 30.3 Å². The average Bonchev–Trinajstić information content (AvgIpc) is 2.36. The van der Waals surface area contributed by atoms with E-state index in [0.29, 0.717) is 0 Å². The topological polar surface area (TPSA) is 17.1 Å². The standard InChI is InChI=1S/C15H12F2O/c16-14-8-4-7-12(15(14)17)10-13(18)9-11-5-2-1-3-6-11/h1-8H,9-10H2. The van der Waals surface area contributed by atoms with Crippen LogP contribution in [0.1, 0.15) is 11.1 Å². The number of hydrogen-bond acceptors (Lipinski definition) is 1. The quantitative estimate of drug-likeness (QED) is 0.808. The summed E-state index contributed by atoms with van der Waals surface area (Å²) in [6.07, 6.45) is 0.148. The van der Waals surface area contributed by atoms with Gasteiger partial charge in [0.15, 0.2) is 11.6 Å². The van der Waals surface area contributed by atoms with Crippen molar-refractivity contribution in [3.63, 3.8) is 0 Å². The number of hydrogen-bond donors (Lipinski definition) is 0. The number of carbonyl (C=O) groups excluding carboxylic acids is 1. The molecule has 0 aliphatic heterocycles. The Morgan fingerprint density at radius 3 is 2.33 bits per heavy atom. The molecule has 92 valence electrons. The second-order valence-corrected chi connectivity index (χ2v) is 4.09. The minimum atomic E-state index is -0.932. The number of carbonyl (C=O) groups is 1. The molecule has 0 radical (unpaired) electrons. The summed E-state index contributed by atoms with van der Waals surface area (Å²) in [5.74, 6) is -1.98. The van der Waals surface area contributed by atoms with E-state index in [-0.39, 0.29) is 24.2 Å². The van der Waals surface area contributed by atoms with Crippen LogP contribution in [0, 0.1) is 11.6 Å². The molecule has 0 fully saturated rings. The van der Waals surface area contributed by atoms with Crippen LogP contribution in [0.4, 0.5) is 8.78 Å². The summed E-state index contributed by atoms with van der Waals surface area (Å²) >= 11 is 0. The summed E-state index contributed by atoms with van der Waals surface area (Å²) in [5, 5.41) is 0. The molecular weight excluding hydrogens is 234 g/mol. The Hall–Kier alpha value is -2.03. The number of ketones is 1. The SMILES string of the molecule is O=C(Cc1ccccc1)Cc1cccc(F)c1F. The zero-order chi connectivity index (χ0) is 13.0. The van der Waals surface area contributed by atoms with Crippen LogP contribution in [0.5, 0.6) is 0 Å². The van der Waals surface area contributed by atoms with Gasteiger partial charge in [0.25, 0.3) is 0 Å². The van der Waals surface area contributed by atoms with Crippen molar-refractivity contribution in [1.82, 2.24) is 0 Å². The summed E-state index contributed by atoms with van der Waals surface area (Å²) < 4.78 is 26.3. The van der Waals surface area contributed by atoms with E-state index in [0.717, 1.165) is 11.6 Å². The number of rotatable bonds is 4. The lowest BCUT2D eigenvalue weighted by Gasteiger charge is -2.03. The van der Waals surface area contributed by atoms with Crippen LogP contribution in [0.25, 0.3) is 0 Å². The van der Waals surface area contributed by atoms with Gasteiger partial charge in [-0.3, -0.25) is 4.79 Å². The molecule has 0 atom stereocenters. The Balaban J connectivity index is 2.06. The van der Waals surface area contributed by atoms with Crippen LogP contribution in [0.2, 0.25) is 0 Å². The van der Waals surface area contributed by atoms with Crippen LogP contribution < -0.4 is 0 Å². The Bertz CT molecular complexity index is 550. The van der Waals surface area contributed by atoms with Gasteiger partial charge in [-0.1, -0.05) is 42.5 Å². The molecular formula is C15H12F2O. The minimum Gasteiger partial charge on any atom is -0.299 e. The summed E-state index contributed by atoms with van der Waals surface area (Å²) in [6.45, 7) is 0. The van der Waals surface area contributed by atoms with Gasteiger partial charge in [0.1, 0.15) is 5.78 Å². The van der Waals surface area contributed by atoms with Crippen LogP contribution >= 0.6 is 0 Å². The molecule has 0 N–H and O–H groups in total. The fourth-order valence-electron chi connectivity index (χ4n) is 1.78. The minimum absolute atomic E-state index is 0.0848. The first-order valence-electron chi connectivity index (χ1n) is 5.65. The number of halogens is 2. The lowest BCUT2D eigenvalue weighted by Crippen LogP contribution is -2.08. The van der Waals surface area contributed by atoms with Crippen molar-refractivity contribution in [3.8, 4) is 0 Å². The molecule has 3 heteroatoms. The number of benzene rings is 2. The largest absolute Gasteiger partial charge is 0.299 e. The van der Waals surface area contributed by atoms with Crippen LogP contribution in [-0.4, -0.2) is 5.78 Å². The van der Waals surface area contributed by atoms with Gasteiger partial charge in [-0.25, -0.2) is 8.78 Å². The predicted molar refractivity (Wildman–Crippen MR) is 65.2 cm³/mol. The van der Waals surface area contributed by atoms with E-state index in [4.69, 9.17) is 0 Å². The van der Waals surface area contributed by atoms with Gasteiger partial charge >= 0.3 is 0 Å². The lowest BCUT2D eigenvalue weighted by molar-refractivity contribution is -0.117. The summed E-state index contributed by atoms with van der Waals surface area (Å²) in [4.78, 5) is 11.8. The van der Waals surface area contributed by atoms with E-state index in [9.17, 15) is 13.6 Å². The Kier molecular flexibility index (Phi) is 3.82. The van der Waals surface area contributed by atoms with Gasteiger partial charge in [-0.2, -0.15) is 0 Å². The molecule has 0 saturated carbocycles. The zero-order valence-electron chi connectivity index (χ0n) is 9.70. The van der Waals surface area contributed by atoms with Crippen LogP contribution in [0.3, 0.4) is 0 Å². The summed E-state index contributed by atoms with van der Waals surface area (Å²) in [7, 11) is 0. The molecule has 1 nitrogen and oxygen atoms in total. The predicted octanol–water partition coefficient (Wildman–Crippen LogP) is 3.32. The van der Waals surface area contributed by atoms with Gasteiger partial charge < -0.3 is 0 Å². The third kappa shape index (κ3) is 3.00. The summed E-state index contributed by atoms with van der Waals surface area (Å²) in [5.41, 5.74) is 0.982. The van der Waals surface area contributed by atoms with E-state index in [1.54, 1.807) is 0 Å². The smallest absolute Gasteiger partial charge is 0.162 e. The molecule has 0 aliphatic rings. The van der Waals surface area contributed by atoms with Gasteiger partial charge in [0.05, 0.1) is 0 Å². The van der Waals surface area contributed by atoms with Gasteiger partial charge in [-0.05, 0) is 17.2 Å². The van der Waals surface area contributed by atoms with E-state index in [2.05, 4.69) is 0 Å². The lowest BCUT2D eigenvalue weighted by atomic mass is 10.0. The first-order chi connectivity index (χ1) is 8.66. The fraction of sp³-hybridized carbons (Fsp3) is 0.133. The Morgan fingerprint density at radius 1 is 0.889 bits per heavy atom. The van der Waals surface area contributed by atoms with Crippen molar-refractivity contribution in [2.45, 2.75) is 12.8 Å². The van der Waals surface area contributed by atoms with Crippen molar-refractivity contribution in [1.29, 1.82) is 0 Å². The van der Waals surface area contributed by atoms with Crippen molar-refractivity contribution >= 4 is 5.78 Å². The highest BCUT2D eigenvalue weighted by atomic mass is 19.2. The van der Waals surface area contributed by atoms with E-state index in [1.165, 1.54) is 12.1 Å². The maximum Gasteiger partial charge on any atom is 0.162 e. The highest BCUT2D eigenvalue weighted by Crippen LogP contribution is 2.13. The highest BCUT2D eigenvalue weighted by Gasteiger charge is 2.11. The first-order valence-corrected chi connectivity index (χ1v) is 5.65. The van der Waals surface area contributed by atoms with Crippen molar-refractivity contribution in [2.75, 3.05) is 0 Å². The van der Waals surface area contributed by atoms with Crippen LogP contribution in [-0.2, 0) is 17.6 Å². The molecule has 18 heavy (non-hydrogen) atoms. The van der Waals surface area contributed by atoms with Gasteiger partial charge in [0.2, 0.25) is 0 Å². The molecule has 0 heterocycles. The van der Waals surface area contributed by atoms with Crippen molar-refractivity contribution in [2.24, 2.45) is 0 Å². The van der Waals surface area contributed by atoms with Crippen molar-refractivity contribution in [3.05, 3.63) is 71.3 Å². The zero-order valence-corrected chi connectivity index (χ0v) is 9.70. The average molecular weight is 246 g/mol. The monoisotopic (exact) mass is 246 g/mol. The van der Waals surface area contributed by atoms with Crippen molar-refractivity contribution < 1.29 is 13.6 Å². The molecule has 0 aromatic heterocycles. The highest BCUT2D eigenvalue weighted by molar-refractivity contribution is 5.83. The van der Waals surface area contributed by atoms with E-state index < -0.39 is 11.6 Å². The molecule has 0 bridgehead atoms. The normalized spacial score (nSPS) is 10.3. The molecule has 0 spiro atoms. The molecule has 0 saturated heterocycles. The maximum atomic E-state index is 13.4. The Morgan fingerprint density at radius 2 is 1.61 bits per heavy atom. The Labute approximate surface area is 104 Å². The molecule has 0 amide bonds. The summed E-state index contributed by atoms with van der Waals surface area (Å²) in [6, 6.07) is 13.1. The molecule has 2 rings (SSSR count). The number of Topliss-reactive ketones (excluding diaryl/α,β-unsaturated/α-hetero) is 1. The third-order valence-corrected chi connectivity index (χ3v) is 2.66. The molecule has 2 aromatic rings. The maximum absolute atomic E-state index is 13.4.